The topological polar surface area (TPSA) is 59.6 Å². The molecular weight excluding hydrogens is 326 g/mol. The molecule has 1 aromatic carbocycles. The summed E-state index contributed by atoms with van der Waals surface area (Å²) in [5.41, 5.74) is 1.21. The molecule has 0 saturated carbocycles. The van der Waals surface area contributed by atoms with Gasteiger partial charge in [-0.05, 0) is 32.0 Å². The van der Waals surface area contributed by atoms with Crippen LogP contribution in [0.1, 0.15) is 24.2 Å². The van der Waals surface area contributed by atoms with Crippen molar-refractivity contribution in [2.24, 2.45) is 4.99 Å². The highest BCUT2D eigenvalue weighted by Crippen LogP contribution is 2.09. The normalized spacial score (nSPS) is 10.8. The summed E-state index contributed by atoms with van der Waals surface area (Å²) in [6, 6.07) is 12.6. The first-order chi connectivity index (χ1) is 11.1. The van der Waals surface area contributed by atoms with E-state index in [0.29, 0.717) is 24.3 Å². The van der Waals surface area contributed by atoms with Gasteiger partial charge in [0, 0.05) is 25.1 Å². The lowest BCUT2D eigenvalue weighted by atomic mass is 10.2. The molecule has 24 heavy (non-hydrogen) atoms. The number of pyridine rings is 1. The van der Waals surface area contributed by atoms with Gasteiger partial charge in [0.1, 0.15) is 5.56 Å². The Labute approximate surface area is 148 Å². The summed E-state index contributed by atoms with van der Waals surface area (Å²) in [5.74, 6) is -0.287. The van der Waals surface area contributed by atoms with Crippen LogP contribution in [0.5, 0.6) is 0 Å². The molecule has 1 aromatic heterocycles. The van der Waals surface area contributed by atoms with Gasteiger partial charge in [0.25, 0.3) is 5.91 Å². The van der Waals surface area contributed by atoms with E-state index < -0.39 is 0 Å². The van der Waals surface area contributed by atoms with E-state index in [4.69, 9.17) is 0 Å². The third-order valence-electron chi connectivity index (χ3n) is 3.48. The quantitative estimate of drug-likeness (QED) is 0.455. The first kappa shape index (κ1) is 19.6. The molecule has 6 heteroatoms. The predicted molar refractivity (Wildman–Crippen MR) is 94.7 cm³/mol. The zero-order chi connectivity index (χ0) is 16.7. The summed E-state index contributed by atoms with van der Waals surface area (Å²) in [4.78, 5) is 18.1. The van der Waals surface area contributed by atoms with Crippen LogP contribution in [0.25, 0.3) is 0 Å². The Morgan fingerprint density at radius 2 is 1.79 bits per heavy atom. The van der Waals surface area contributed by atoms with Crippen LogP contribution in [0.2, 0.25) is 0 Å². The number of nitrogens with zero attached hydrogens (tertiary/aromatic N) is 3. The van der Waals surface area contributed by atoms with Crippen molar-refractivity contribution in [1.82, 2.24) is 4.90 Å². The van der Waals surface area contributed by atoms with Crippen molar-refractivity contribution in [3.8, 4) is 0 Å². The number of aromatic nitrogens is 1. The zero-order valence-corrected chi connectivity index (χ0v) is 14.7. The Hall–Kier alpha value is -2.40. The van der Waals surface area contributed by atoms with E-state index in [1.54, 1.807) is 46.1 Å². The van der Waals surface area contributed by atoms with Crippen LogP contribution < -0.4 is 9.67 Å². The number of aliphatic imine (C=N–C) groups is 1. The number of para-hydroxylation sites is 1. The van der Waals surface area contributed by atoms with E-state index >= 15 is 0 Å². The Morgan fingerprint density at radius 3 is 2.42 bits per heavy atom. The van der Waals surface area contributed by atoms with Crippen molar-refractivity contribution in [2.45, 2.75) is 20.4 Å². The molecule has 2 aromatic rings. The molecule has 0 spiro atoms. The third kappa shape index (κ3) is 5.35. The highest BCUT2D eigenvalue weighted by atomic mass is 35.5. The number of halogens is 1. The molecule has 0 aliphatic rings. The van der Waals surface area contributed by atoms with Gasteiger partial charge in [0.05, 0.1) is 5.69 Å². The van der Waals surface area contributed by atoms with Gasteiger partial charge in [-0.25, -0.2) is 0 Å². The maximum Gasteiger partial charge on any atom is 0.259 e. The SMILES string of the molecule is CCN(CC)C(=O)c1ccc[n+](CC([O-])=Nc2ccccc2)c1.Cl. The van der Waals surface area contributed by atoms with Gasteiger partial charge in [-0.3, -0.25) is 9.79 Å². The first-order valence-corrected chi connectivity index (χ1v) is 7.72. The molecule has 0 bridgehead atoms. The van der Waals surface area contributed by atoms with Crippen LogP contribution in [0.3, 0.4) is 0 Å². The average Bonchev–Trinajstić information content (AvgIpc) is 2.57. The second-order valence-corrected chi connectivity index (χ2v) is 5.08. The molecule has 0 saturated heterocycles. The maximum atomic E-state index is 12.3. The van der Waals surface area contributed by atoms with E-state index in [9.17, 15) is 9.90 Å². The lowest BCUT2D eigenvalue weighted by Gasteiger charge is -2.17. The second-order valence-electron chi connectivity index (χ2n) is 5.08. The Bertz CT molecular complexity index is 686. The van der Waals surface area contributed by atoms with Crippen LogP contribution in [0.4, 0.5) is 5.69 Å². The minimum Gasteiger partial charge on any atom is -0.857 e. The summed E-state index contributed by atoms with van der Waals surface area (Å²) in [6.45, 7) is 5.31. The highest BCUT2D eigenvalue weighted by molar-refractivity contribution is 5.93. The van der Waals surface area contributed by atoms with E-state index in [0.717, 1.165) is 0 Å². The minimum absolute atomic E-state index is 0. The van der Waals surface area contributed by atoms with E-state index in [2.05, 4.69) is 4.99 Å². The number of hydrogen-bond acceptors (Lipinski definition) is 3. The summed E-state index contributed by atoms with van der Waals surface area (Å²) in [6.07, 6.45) is 3.45. The van der Waals surface area contributed by atoms with Gasteiger partial charge in [-0.2, -0.15) is 4.57 Å². The Balaban J connectivity index is 0.00000288. The third-order valence-corrected chi connectivity index (χ3v) is 3.48. The standard InChI is InChI=1S/C18H21N3O2.ClH/c1-3-21(4-2)18(23)15-9-8-12-20(13-15)14-17(22)19-16-10-6-5-7-11-16;/h5-13H,3-4,14H2,1-2H3;1H. The molecule has 0 aliphatic carbocycles. The molecule has 0 fully saturated rings. The smallest absolute Gasteiger partial charge is 0.259 e. The molecule has 128 valence electrons. The molecular formula is C18H22ClN3O2. The number of rotatable bonds is 6. The number of carbonyl (C=O) groups excluding carboxylic acids is 1. The number of amides is 1. The molecule has 1 heterocycles. The van der Waals surface area contributed by atoms with Gasteiger partial charge in [-0.15, -0.1) is 12.4 Å². The van der Waals surface area contributed by atoms with Gasteiger partial charge < -0.3 is 10.0 Å². The van der Waals surface area contributed by atoms with Crippen molar-refractivity contribution in [2.75, 3.05) is 13.1 Å². The maximum absolute atomic E-state index is 12.3. The van der Waals surface area contributed by atoms with Crippen molar-refractivity contribution in [3.05, 3.63) is 60.4 Å². The summed E-state index contributed by atoms with van der Waals surface area (Å²) >= 11 is 0. The van der Waals surface area contributed by atoms with Gasteiger partial charge in [0.2, 0.25) is 0 Å². The van der Waals surface area contributed by atoms with Crippen molar-refractivity contribution in [3.63, 3.8) is 0 Å². The summed E-state index contributed by atoms with van der Waals surface area (Å²) < 4.78 is 1.69. The van der Waals surface area contributed by atoms with E-state index in [-0.39, 0.29) is 30.8 Å². The highest BCUT2D eigenvalue weighted by Gasteiger charge is 2.15. The number of carbonyl (C=O) groups is 1. The molecule has 5 nitrogen and oxygen atoms in total. The van der Waals surface area contributed by atoms with E-state index in [1.165, 1.54) is 0 Å². The molecule has 0 atom stereocenters. The number of hydrogen-bond donors (Lipinski definition) is 0. The fourth-order valence-electron chi connectivity index (χ4n) is 2.28. The van der Waals surface area contributed by atoms with Crippen molar-refractivity contribution >= 4 is 29.9 Å². The largest absolute Gasteiger partial charge is 0.857 e. The van der Waals surface area contributed by atoms with Crippen LogP contribution in [0, 0.1) is 0 Å². The molecule has 2 rings (SSSR count). The lowest BCUT2D eigenvalue weighted by molar-refractivity contribution is -0.687. The summed E-state index contributed by atoms with van der Waals surface area (Å²) in [7, 11) is 0. The fraction of sp³-hybridized carbons (Fsp3) is 0.278. The van der Waals surface area contributed by atoms with Crippen LogP contribution in [0.15, 0.2) is 59.9 Å². The molecule has 0 unspecified atom stereocenters. The monoisotopic (exact) mass is 347 g/mol. The molecule has 0 N–H and O–H groups in total. The second kappa shape index (κ2) is 9.67. The molecule has 1 amide bonds. The average molecular weight is 348 g/mol. The minimum atomic E-state index is -0.256. The van der Waals surface area contributed by atoms with E-state index in [1.807, 2.05) is 32.0 Å². The van der Waals surface area contributed by atoms with Gasteiger partial charge in [0.15, 0.2) is 18.9 Å². The molecule has 0 radical (unpaired) electrons. The van der Waals surface area contributed by atoms with Crippen molar-refractivity contribution in [1.29, 1.82) is 0 Å². The zero-order valence-electron chi connectivity index (χ0n) is 13.9. The number of benzene rings is 1. The Morgan fingerprint density at radius 1 is 1.12 bits per heavy atom. The molecule has 0 aliphatic heterocycles. The lowest BCUT2D eigenvalue weighted by Crippen LogP contribution is -2.43. The summed E-state index contributed by atoms with van der Waals surface area (Å²) in [5, 5.41) is 12.0. The van der Waals surface area contributed by atoms with Crippen LogP contribution >= 0.6 is 12.4 Å². The van der Waals surface area contributed by atoms with Crippen molar-refractivity contribution < 1.29 is 14.5 Å². The van der Waals surface area contributed by atoms with Gasteiger partial charge in [-0.1, -0.05) is 18.2 Å². The predicted octanol–water partition coefficient (Wildman–Crippen LogP) is 1.97. The Kier molecular flexibility index (Phi) is 7.92. The van der Waals surface area contributed by atoms with Crippen LogP contribution in [-0.2, 0) is 6.54 Å². The van der Waals surface area contributed by atoms with Crippen LogP contribution in [-0.4, -0.2) is 29.8 Å². The van der Waals surface area contributed by atoms with Gasteiger partial charge >= 0.3 is 0 Å². The first-order valence-electron chi connectivity index (χ1n) is 7.72. The fourth-order valence-corrected chi connectivity index (χ4v) is 2.28.